The van der Waals surface area contributed by atoms with Crippen LogP contribution in [0.25, 0.3) is 5.65 Å². The van der Waals surface area contributed by atoms with Crippen molar-refractivity contribution in [1.82, 2.24) is 25.2 Å². The Morgan fingerprint density at radius 1 is 1.30 bits per heavy atom. The number of hydrogen-bond donors (Lipinski definition) is 2. The smallest absolute Gasteiger partial charge is 0.191 e. The van der Waals surface area contributed by atoms with Crippen LogP contribution in [0.2, 0.25) is 0 Å². The van der Waals surface area contributed by atoms with E-state index in [4.69, 9.17) is 9.73 Å². The van der Waals surface area contributed by atoms with Crippen LogP contribution in [-0.2, 0) is 11.2 Å². The van der Waals surface area contributed by atoms with Gasteiger partial charge in [-0.15, -0.1) is 34.2 Å². The van der Waals surface area contributed by atoms with E-state index in [-0.39, 0.29) is 24.0 Å². The average molecular weight is 486 g/mol. The number of fused-ring (bicyclic) bond motifs is 1. The Morgan fingerprint density at radius 2 is 2.15 bits per heavy atom. The SMILES string of the molecule is CCNC(=NCC1(CCOC)CCC1)NCCc1nnc2ccccn12.I. The average Bonchev–Trinajstić information content (AvgIpc) is 3.04. The van der Waals surface area contributed by atoms with E-state index in [0.29, 0.717) is 5.41 Å². The fourth-order valence-electron chi connectivity index (χ4n) is 3.43. The fraction of sp³-hybridized carbons (Fsp3) is 0.632. The first kappa shape index (κ1) is 21.9. The van der Waals surface area contributed by atoms with Gasteiger partial charge in [0.05, 0.1) is 0 Å². The predicted molar refractivity (Wildman–Crippen MR) is 119 cm³/mol. The minimum absolute atomic E-state index is 0. The number of aromatic nitrogens is 3. The van der Waals surface area contributed by atoms with Gasteiger partial charge in [-0.3, -0.25) is 9.39 Å². The molecule has 0 atom stereocenters. The highest BCUT2D eigenvalue weighted by atomic mass is 127. The summed E-state index contributed by atoms with van der Waals surface area (Å²) in [5.41, 5.74) is 1.22. The van der Waals surface area contributed by atoms with Gasteiger partial charge in [-0.1, -0.05) is 12.5 Å². The maximum atomic E-state index is 5.27. The summed E-state index contributed by atoms with van der Waals surface area (Å²) in [6.07, 6.45) is 7.71. The molecule has 27 heavy (non-hydrogen) atoms. The van der Waals surface area contributed by atoms with Gasteiger partial charge in [-0.25, -0.2) is 0 Å². The second-order valence-corrected chi connectivity index (χ2v) is 7.01. The molecule has 2 aromatic heterocycles. The molecule has 7 nitrogen and oxygen atoms in total. The molecule has 0 unspecified atom stereocenters. The summed E-state index contributed by atoms with van der Waals surface area (Å²) < 4.78 is 7.30. The number of hydrogen-bond acceptors (Lipinski definition) is 4. The number of guanidine groups is 1. The molecule has 0 aromatic carbocycles. The summed E-state index contributed by atoms with van der Waals surface area (Å²) in [6.45, 7) is 5.39. The molecular formula is C19H31IN6O. The molecule has 0 aliphatic heterocycles. The van der Waals surface area contributed by atoms with Crippen molar-refractivity contribution >= 4 is 35.6 Å². The molecule has 2 heterocycles. The first-order valence-corrected chi connectivity index (χ1v) is 9.56. The van der Waals surface area contributed by atoms with Gasteiger partial charge in [0.15, 0.2) is 11.6 Å². The first-order chi connectivity index (χ1) is 12.8. The molecule has 1 aliphatic carbocycles. The van der Waals surface area contributed by atoms with E-state index >= 15 is 0 Å². The van der Waals surface area contributed by atoms with Gasteiger partial charge >= 0.3 is 0 Å². The Balaban J connectivity index is 0.00000261. The Kier molecular flexibility index (Phi) is 8.75. The third-order valence-corrected chi connectivity index (χ3v) is 5.19. The molecule has 2 aromatic rings. The van der Waals surface area contributed by atoms with Gasteiger partial charge in [0.25, 0.3) is 0 Å². The van der Waals surface area contributed by atoms with Gasteiger partial charge in [-0.2, -0.15) is 0 Å². The highest BCUT2D eigenvalue weighted by molar-refractivity contribution is 14.0. The second-order valence-electron chi connectivity index (χ2n) is 7.01. The standard InChI is InChI=1S/C19H30N6O.HI/c1-3-20-18(22-15-19(9-6-10-19)11-14-26-2)21-12-8-17-24-23-16-7-4-5-13-25(16)17;/h4-5,7,13H,3,6,8-12,14-15H2,1-2H3,(H2,20,21,22);1H. The van der Waals surface area contributed by atoms with E-state index in [2.05, 4.69) is 27.8 Å². The number of pyridine rings is 1. The second kappa shape index (κ2) is 10.8. The van der Waals surface area contributed by atoms with Crippen molar-refractivity contribution in [3.05, 3.63) is 30.2 Å². The third-order valence-electron chi connectivity index (χ3n) is 5.19. The van der Waals surface area contributed by atoms with E-state index in [9.17, 15) is 0 Å². The largest absolute Gasteiger partial charge is 0.385 e. The van der Waals surface area contributed by atoms with Crippen LogP contribution >= 0.6 is 24.0 Å². The molecule has 0 spiro atoms. The van der Waals surface area contributed by atoms with Crippen LogP contribution in [0.15, 0.2) is 29.4 Å². The van der Waals surface area contributed by atoms with Crippen molar-refractivity contribution in [1.29, 1.82) is 0 Å². The van der Waals surface area contributed by atoms with Gasteiger partial charge < -0.3 is 15.4 Å². The Morgan fingerprint density at radius 3 is 2.85 bits per heavy atom. The van der Waals surface area contributed by atoms with Gasteiger partial charge in [0.2, 0.25) is 0 Å². The van der Waals surface area contributed by atoms with Gasteiger partial charge in [-0.05, 0) is 43.7 Å². The number of ether oxygens (including phenoxy) is 1. The predicted octanol–water partition coefficient (Wildman–Crippen LogP) is 2.65. The molecule has 0 amide bonds. The molecule has 1 saturated carbocycles. The highest BCUT2D eigenvalue weighted by Gasteiger charge is 2.36. The van der Waals surface area contributed by atoms with Crippen molar-refractivity contribution in [2.24, 2.45) is 10.4 Å². The molecule has 3 rings (SSSR count). The Labute approximate surface area is 178 Å². The number of aliphatic imine (C=N–C) groups is 1. The first-order valence-electron chi connectivity index (χ1n) is 9.56. The van der Waals surface area contributed by atoms with E-state index < -0.39 is 0 Å². The van der Waals surface area contributed by atoms with E-state index in [1.807, 2.05) is 28.8 Å². The monoisotopic (exact) mass is 486 g/mol. The third kappa shape index (κ3) is 5.78. The number of rotatable bonds is 9. The summed E-state index contributed by atoms with van der Waals surface area (Å²) in [5.74, 6) is 1.84. The number of nitrogens with zero attached hydrogens (tertiary/aromatic N) is 4. The number of nitrogens with one attached hydrogen (secondary N) is 2. The molecule has 8 heteroatoms. The summed E-state index contributed by atoms with van der Waals surface area (Å²) >= 11 is 0. The molecule has 1 fully saturated rings. The molecule has 0 saturated heterocycles. The van der Waals surface area contributed by atoms with E-state index in [1.165, 1.54) is 19.3 Å². The van der Waals surface area contributed by atoms with Crippen LogP contribution in [0, 0.1) is 5.41 Å². The minimum Gasteiger partial charge on any atom is -0.385 e. The van der Waals surface area contributed by atoms with Crippen LogP contribution in [0.1, 0.15) is 38.4 Å². The van der Waals surface area contributed by atoms with Crippen LogP contribution in [0.4, 0.5) is 0 Å². The molecule has 0 bridgehead atoms. The van der Waals surface area contributed by atoms with Crippen molar-refractivity contribution < 1.29 is 4.74 Å². The molecule has 0 radical (unpaired) electrons. The zero-order valence-electron chi connectivity index (χ0n) is 16.3. The van der Waals surface area contributed by atoms with Crippen molar-refractivity contribution in [3.63, 3.8) is 0 Å². The number of halogens is 1. The van der Waals surface area contributed by atoms with Crippen molar-refractivity contribution in [3.8, 4) is 0 Å². The topological polar surface area (TPSA) is 75.8 Å². The molecule has 150 valence electrons. The lowest BCUT2D eigenvalue weighted by Crippen LogP contribution is -2.41. The zero-order valence-corrected chi connectivity index (χ0v) is 18.6. The molecular weight excluding hydrogens is 455 g/mol. The Hall–Kier alpha value is -1.42. The molecule has 2 N–H and O–H groups in total. The maximum Gasteiger partial charge on any atom is 0.191 e. The minimum atomic E-state index is 0. The Bertz CT molecular complexity index is 728. The normalized spacial score (nSPS) is 15.9. The van der Waals surface area contributed by atoms with Gasteiger partial charge in [0.1, 0.15) is 5.82 Å². The quantitative estimate of drug-likeness (QED) is 0.324. The lowest BCUT2D eigenvalue weighted by Gasteiger charge is -2.40. The summed E-state index contributed by atoms with van der Waals surface area (Å²) in [7, 11) is 1.77. The summed E-state index contributed by atoms with van der Waals surface area (Å²) in [5, 5.41) is 15.2. The number of methoxy groups -OCH3 is 1. The summed E-state index contributed by atoms with van der Waals surface area (Å²) in [6, 6.07) is 5.94. The lowest BCUT2D eigenvalue weighted by molar-refractivity contribution is 0.0778. The van der Waals surface area contributed by atoms with E-state index in [1.54, 1.807) is 7.11 Å². The summed E-state index contributed by atoms with van der Waals surface area (Å²) in [4.78, 5) is 4.84. The van der Waals surface area contributed by atoms with Crippen LogP contribution in [0.5, 0.6) is 0 Å². The van der Waals surface area contributed by atoms with Gasteiger partial charge in [0, 0.05) is 46.0 Å². The fourth-order valence-corrected chi connectivity index (χ4v) is 3.43. The lowest BCUT2D eigenvalue weighted by atomic mass is 9.67. The van der Waals surface area contributed by atoms with Crippen molar-refractivity contribution in [2.75, 3.05) is 33.4 Å². The van der Waals surface area contributed by atoms with Crippen molar-refractivity contribution in [2.45, 2.75) is 39.0 Å². The highest BCUT2D eigenvalue weighted by Crippen LogP contribution is 2.44. The molecule has 1 aliphatic rings. The van der Waals surface area contributed by atoms with Crippen LogP contribution in [0.3, 0.4) is 0 Å². The van der Waals surface area contributed by atoms with Crippen LogP contribution < -0.4 is 10.6 Å². The zero-order chi connectivity index (χ0) is 18.2. The van der Waals surface area contributed by atoms with E-state index in [0.717, 1.165) is 56.5 Å². The maximum absolute atomic E-state index is 5.27. The van der Waals surface area contributed by atoms with Crippen LogP contribution in [-0.4, -0.2) is 53.9 Å².